The molecule has 0 saturated carbocycles. The first-order valence-corrected chi connectivity index (χ1v) is 6.85. The van der Waals surface area contributed by atoms with Crippen LogP contribution in [0.15, 0.2) is 12.1 Å². The lowest BCUT2D eigenvalue weighted by atomic mass is 10.3. The highest BCUT2D eigenvalue weighted by molar-refractivity contribution is 7.99. The monoisotopic (exact) mass is 286 g/mol. The number of halogens is 2. The summed E-state index contributed by atoms with van der Waals surface area (Å²) in [6.45, 7) is 0. The first-order chi connectivity index (χ1) is 9.06. The van der Waals surface area contributed by atoms with E-state index in [1.807, 2.05) is 0 Å². The third kappa shape index (κ3) is 3.66. The van der Waals surface area contributed by atoms with Crippen LogP contribution in [0.1, 0.15) is 12.2 Å². The van der Waals surface area contributed by atoms with Crippen molar-refractivity contribution in [3.8, 4) is 0 Å². The number of rotatable bonds is 6. The molecular formula is C12H12F2N2O2S. The lowest BCUT2D eigenvalue weighted by Crippen LogP contribution is -1.98. The van der Waals surface area contributed by atoms with Gasteiger partial charge in [-0.15, -0.1) is 0 Å². The molecule has 0 bridgehead atoms. The van der Waals surface area contributed by atoms with Crippen molar-refractivity contribution in [3.63, 3.8) is 0 Å². The zero-order valence-electron chi connectivity index (χ0n) is 9.95. The molecule has 0 spiro atoms. The number of nitrogens with zero attached hydrogens (tertiary/aromatic N) is 1. The van der Waals surface area contributed by atoms with Crippen molar-refractivity contribution in [2.45, 2.75) is 12.8 Å². The number of H-pyrrole nitrogens is 1. The van der Waals surface area contributed by atoms with Gasteiger partial charge in [-0.25, -0.2) is 13.8 Å². The predicted molar refractivity (Wildman–Crippen MR) is 69.3 cm³/mol. The first kappa shape index (κ1) is 13.8. The fraction of sp³-hybridized carbons (Fsp3) is 0.333. The van der Waals surface area contributed by atoms with E-state index >= 15 is 0 Å². The molecule has 102 valence electrons. The molecule has 1 heterocycles. The summed E-state index contributed by atoms with van der Waals surface area (Å²) >= 11 is 1.50. The van der Waals surface area contributed by atoms with Crippen molar-refractivity contribution < 1.29 is 18.7 Å². The minimum atomic E-state index is -0.915. The van der Waals surface area contributed by atoms with Gasteiger partial charge in [0, 0.05) is 30.1 Å². The normalized spacial score (nSPS) is 11.1. The molecule has 1 aromatic carbocycles. The average molecular weight is 286 g/mol. The van der Waals surface area contributed by atoms with E-state index in [0.29, 0.717) is 34.8 Å². The van der Waals surface area contributed by atoms with Gasteiger partial charge in [-0.1, -0.05) is 0 Å². The van der Waals surface area contributed by atoms with Gasteiger partial charge in [-0.2, -0.15) is 11.8 Å². The highest BCUT2D eigenvalue weighted by Gasteiger charge is 2.08. The van der Waals surface area contributed by atoms with Crippen LogP contribution in [0.25, 0.3) is 11.0 Å². The summed E-state index contributed by atoms with van der Waals surface area (Å²) in [5, 5.41) is 8.47. The van der Waals surface area contributed by atoms with Crippen molar-refractivity contribution in [3.05, 3.63) is 29.6 Å². The Kier molecular flexibility index (Phi) is 4.36. The summed E-state index contributed by atoms with van der Waals surface area (Å²) in [7, 11) is 0. The number of aliphatic carboxylic acids is 1. The molecule has 2 aromatic rings. The van der Waals surface area contributed by atoms with Crippen molar-refractivity contribution in [2.24, 2.45) is 0 Å². The largest absolute Gasteiger partial charge is 0.481 e. The van der Waals surface area contributed by atoms with Crippen LogP contribution in [0, 0.1) is 11.6 Å². The van der Waals surface area contributed by atoms with Gasteiger partial charge in [0.25, 0.3) is 0 Å². The van der Waals surface area contributed by atoms with E-state index in [9.17, 15) is 13.6 Å². The molecular weight excluding hydrogens is 274 g/mol. The van der Waals surface area contributed by atoms with E-state index < -0.39 is 17.6 Å². The number of benzene rings is 1. The molecule has 0 saturated heterocycles. The highest BCUT2D eigenvalue weighted by Crippen LogP contribution is 2.17. The number of thioether (sulfide) groups is 1. The Morgan fingerprint density at radius 2 is 2.05 bits per heavy atom. The standard InChI is InChI=1S/C12H12F2N2O2S/c13-7-5-9-10(6-8(7)14)16-11(15-9)1-3-19-4-2-12(17)18/h5-6H,1-4H2,(H,15,16)(H,17,18). The predicted octanol–water partition coefficient (Wildman–Crippen LogP) is 2.59. The van der Waals surface area contributed by atoms with Gasteiger partial charge in [0.1, 0.15) is 5.82 Å². The third-order valence-corrected chi connectivity index (χ3v) is 3.50. The number of hydrogen-bond donors (Lipinski definition) is 2. The Morgan fingerprint density at radius 3 is 2.79 bits per heavy atom. The van der Waals surface area contributed by atoms with Crippen molar-refractivity contribution in [1.29, 1.82) is 0 Å². The Hall–Kier alpha value is -1.63. The second kappa shape index (κ2) is 6.01. The summed E-state index contributed by atoms with van der Waals surface area (Å²) in [5.41, 5.74) is 0.855. The van der Waals surface area contributed by atoms with Gasteiger partial charge in [-0.05, 0) is 0 Å². The fourth-order valence-corrected chi connectivity index (χ4v) is 2.47. The quantitative estimate of drug-likeness (QED) is 0.801. The fourth-order valence-electron chi connectivity index (χ4n) is 1.61. The van der Waals surface area contributed by atoms with Crippen molar-refractivity contribution >= 4 is 28.8 Å². The van der Waals surface area contributed by atoms with Gasteiger partial charge in [0.05, 0.1) is 17.5 Å². The second-order valence-corrected chi connectivity index (χ2v) is 5.20. The summed E-state index contributed by atoms with van der Waals surface area (Å²) in [4.78, 5) is 17.4. The number of carboxylic acids is 1. The average Bonchev–Trinajstić information content (AvgIpc) is 2.71. The zero-order valence-corrected chi connectivity index (χ0v) is 10.8. The van der Waals surface area contributed by atoms with Crippen LogP contribution in [-0.4, -0.2) is 32.5 Å². The van der Waals surface area contributed by atoms with Gasteiger partial charge in [0.2, 0.25) is 0 Å². The minimum Gasteiger partial charge on any atom is -0.481 e. The van der Waals surface area contributed by atoms with E-state index in [1.165, 1.54) is 11.8 Å². The van der Waals surface area contributed by atoms with E-state index in [-0.39, 0.29) is 6.42 Å². The molecule has 7 heteroatoms. The van der Waals surface area contributed by atoms with Gasteiger partial charge < -0.3 is 10.1 Å². The molecule has 19 heavy (non-hydrogen) atoms. The van der Waals surface area contributed by atoms with Crippen LogP contribution in [-0.2, 0) is 11.2 Å². The molecule has 0 aliphatic carbocycles. The van der Waals surface area contributed by atoms with Crippen molar-refractivity contribution in [2.75, 3.05) is 11.5 Å². The molecule has 0 aliphatic rings. The van der Waals surface area contributed by atoms with Gasteiger partial charge >= 0.3 is 5.97 Å². The number of imidazole rings is 1. The summed E-state index contributed by atoms with van der Waals surface area (Å²) in [6, 6.07) is 2.14. The second-order valence-electron chi connectivity index (χ2n) is 3.97. The molecule has 0 fully saturated rings. The Labute approximate surface area is 112 Å². The molecule has 2 rings (SSSR count). The van der Waals surface area contributed by atoms with Crippen molar-refractivity contribution in [1.82, 2.24) is 9.97 Å². The number of carboxylic acid groups (broad SMARTS) is 1. The molecule has 0 aliphatic heterocycles. The van der Waals surface area contributed by atoms with E-state index in [2.05, 4.69) is 9.97 Å². The molecule has 1 aromatic heterocycles. The number of aryl methyl sites for hydroxylation is 1. The van der Waals surface area contributed by atoms with Gasteiger partial charge in [-0.3, -0.25) is 4.79 Å². The van der Waals surface area contributed by atoms with E-state index in [4.69, 9.17) is 5.11 Å². The zero-order chi connectivity index (χ0) is 13.8. The molecule has 4 nitrogen and oxygen atoms in total. The maximum atomic E-state index is 13.0. The summed E-state index contributed by atoms with van der Waals surface area (Å²) < 4.78 is 26.0. The maximum Gasteiger partial charge on any atom is 0.304 e. The molecule has 0 radical (unpaired) electrons. The van der Waals surface area contributed by atoms with Gasteiger partial charge in [0.15, 0.2) is 11.6 Å². The highest BCUT2D eigenvalue weighted by atomic mass is 32.2. The lowest BCUT2D eigenvalue weighted by molar-refractivity contribution is -0.136. The summed E-state index contributed by atoms with van der Waals surface area (Å²) in [6.07, 6.45) is 0.726. The lowest BCUT2D eigenvalue weighted by Gasteiger charge is -1.97. The number of aromatic amines is 1. The number of carbonyl (C=O) groups is 1. The smallest absolute Gasteiger partial charge is 0.304 e. The summed E-state index contributed by atoms with van der Waals surface area (Å²) in [5.74, 6) is -0.749. The molecule has 0 unspecified atom stereocenters. The Morgan fingerprint density at radius 1 is 1.32 bits per heavy atom. The topological polar surface area (TPSA) is 66.0 Å². The first-order valence-electron chi connectivity index (χ1n) is 5.69. The Balaban J connectivity index is 1.92. The molecule has 0 amide bonds. The SMILES string of the molecule is O=C(O)CCSCCc1nc2cc(F)c(F)cc2[nH]1. The number of aromatic nitrogens is 2. The van der Waals surface area contributed by atoms with E-state index in [0.717, 1.165) is 12.1 Å². The molecule has 2 N–H and O–H groups in total. The van der Waals surface area contributed by atoms with Crippen LogP contribution >= 0.6 is 11.8 Å². The molecule has 0 atom stereocenters. The van der Waals surface area contributed by atoms with Crippen LogP contribution < -0.4 is 0 Å². The maximum absolute atomic E-state index is 13.0. The number of hydrogen-bond acceptors (Lipinski definition) is 3. The van der Waals surface area contributed by atoms with Crippen LogP contribution in [0.3, 0.4) is 0 Å². The number of nitrogens with one attached hydrogen (secondary N) is 1. The van der Waals surface area contributed by atoms with Crippen LogP contribution in [0.5, 0.6) is 0 Å². The number of fused-ring (bicyclic) bond motifs is 1. The minimum absolute atomic E-state index is 0.126. The third-order valence-electron chi connectivity index (χ3n) is 2.52. The van der Waals surface area contributed by atoms with Crippen LogP contribution in [0.4, 0.5) is 8.78 Å². The van der Waals surface area contributed by atoms with E-state index in [1.54, 1.807) is 0 Å². The van der Waals surface area contributed by atoms with Crippen LogP contribution in [0.2, 0.25) is 0 Å². The Bertz CT molecular complexity index is 562.